The number of benzene rings is 3. The van der Waals surface area contributed by atoms with Gasteiger partial charge in [-0.1, -0.05) is 63.2 Å². The third-order valence-corrected chi connectivity index (χ3v) is 7.25. The van der Waals surface area contributed by atoms with Gasteiger partial charge in [-0.2, -0.15) is 0 Å². The first-order valence-corrected chi connectivity index (χ1v) is 12.7. The molecule has 1 N–H and O–H groups in total. The summed E-state index contributed by atoms with van der Waals surface area (Å²) in [5.41, 5.74) is 7.17. The minimum Gasteiger partial charge on any atom is -0.497 e. The van der Waals surface area contributed by atoms with Gasteiger partial charge in [-0.05, 0) is 94.3 Å². The smallest absolute Gasteiger partial charge is 0.303 e. The van der Waals surface area contributed by atoms with E-state index in [9.17, 15) is 9.90 Å². The molecule has 0 aliphatic heterocycles. The largest absolute Gasteiger partial charge is 0.497 e. The summed E-state index contributed by atoms with van der Waals surface area (Å²) in [6.45, 7) is 7.10. The lowest BCUT2D eigenvalue weighted by atomic mass is 9.79. The molecule has 188 valence electrons. The molecule has 0 saturated carbocycles. The highest BCUT2D eigenvalue weighted by Gasteiger charge is 2.30. The maximum atomic E-state index is 11.2. The van der Waals surface area contributed by atoms with Crippen LogP contribution >= 0.6 is 0 Å². The molecular formula is C32H36O4. The zero-order chi connectivity index (χ0) is 25.7. The fraction of sp³-hybridized carbons (Fsp3) is 0.344. The Morgan fingerprint density at radius 3 is 2.47 bits per heavy atom. The molecule has 4 rings (SSSR count). The molecule has 4 nitrogen and oxygen atoms in total. The molecule has 0 radical (unpaired) electrons. The molecule has 36 heavy (non-hydrogen) atoms. The second-order valence-electron chi connectivity index (χ2n) is 10.2. The summed E-state index contributed by atoms with van der Waals surface area (Å²) in [6.07, 6.45) is 5.50. The Balaban J connectivity index is 1.62. The van der Waals surface area contributed by atoms with Crippen molar-refractivity contribution in [3.63, 3.8) is 0 Å². The van der Waals surface area contributed by atoms with E-state index >= 15 is 0 Å². The van der Waals surface area contributed by atoms with Crippen LogP contribution < -0.4 is 9.47 Å². The van der Waals surface area contributed by atoms with Crippen molar-refractivity contribution < 1.29 is 19.4 Å². The number of aliphatic carboxylic acids is 1. The summed E-state index contributed by atoms with van der Waals surface area (Å²) in [5.74, 6) is 0.811. The van der Waals surface area contributed by atoms with Crippen LogP contribution in [0.2, 0.25) is 0 Å². The predicted molar refractivity (Wildman–Crippen MR) is 145 cm³/mol. The Hall–Kier alpha value is -3.53. The lowest BCUT2D eigenvalue weighted by Gasteiger charge is -2.25. The average molecular weight is 485 g/mol. The molecule has 0 amide bonds. The summed E-state index contributed by atoms with van der Waals surface area (Å²) in [6, 6.07) is 22.6. The second-order valence-corrected chi connectivity index (χ2v) is 10.2. The van der Waals surface area contributed by atoms with E-state index in [0.717, 1.165) is 47.5 Å². The minimum absolute atomic E-state index is 0.0173. The van der Waals surface area contributed by atoms with Crippen molar-refractivity contribution in [2.75, 3.05) is 7.11 Å². The lowest BCUT2D eigenvalue weighted by molar-refractivity contribution is -0.137. The normalized spacial score (nSPS) is 15.3. The van der Waals surface area contributed by atoms with Gasteiger partial charge in [0.15, 0.2) is 0 Å². The molecule has 1 atom stereocenters. The van der Waals surface area contributed by atoms with Gasteiger partial charge in [0, 0.05) is 0 Å². The van der Waals surface area contributed by atoms with Gasteiger partial charge in [-0.15, -0.1) is 0 Å². The van der Waals surface area contributed by atoms with Gasteiger partial charge < -0.3 is 14.6 Å². The van der Waals surface area contributed by atoms with Gasteiger partial charge in [0.1, 0.15) is 18.1 Å². The molecule has 0 unspecified atom stereocenters. The third kappa shape index (κ3) is 5.81. The van der Waals surface area contributed by atoms with E-state index in [1.54, 1.807) is 7.11 Å². The summed E-state index contributed by atoms with van der Waals surface area (Å²) >= 11 is 0. The quantitative estimate of drug-likeness (QED) is 0.316. The van der Waals surface area contributed by atoms with E-state index in [-0.39, 0.29) is 17.8 Å². The van der Waals surface area contributed by atoms with Crippen LogP contribution in [-0.4, -0.2) is 18.2 Å². The molecule has 0 saturated heterocycles. The Morgan fingerprint density at radius 2 is 1.78 bits per heavy atom. The summed E-state index contributed by atoms with van der Waals surface area (Å²) in [7, 11) is 1.70. The number of ether oxygens (including phenoxy) is 2. The highest BCUT2D eigenvalue weighted by atomic mass is 16.5. The van der Waals surface area contributed by atoms with E-state index in [1.807, 2.05) is 43.3 Å². The number of methoxy groups -OCH3 is 1. The van der Waals surface area contributed by atoms with Crippen LogP contribution in [0.15, 0.2) is 72.8 Å². The van der Waals surface area contributed by atoms with Crippen molar-refractivity contribution in [1.29, 1.82) is 0 Å². The minimum atomic E-state index is -0.777. The van der Waals surface area contributed by atoms with Gasteiger partial charge in [0.2, 0.25) is 0 Å². The maximum absolute atomic E-state index is 11.2. The molecule has 3 aromatic rings. The number of carboxylic acid groups (broad SMARTS) is 1. The molecule has 0 spiro atoms. The van der Waals surface area contributed by atoms with E-state index in [4.69, 9.17) is 9.47 Å². The lowest BCUT2D eigenvalue weighted by Crippen LogP contribution is -2.10. The first-order valence-electron chi connectivity index (χ1n) is 12.7. The zero-order valence-electron chi connectivity index (χ0n) is 21.7. The maximum Gasteiger partial charge on any atom is 0.303 e. The molecule has 0 aromatic heterocycles. The zero-order valence-corrected chi connectivity index (χ0v) is 21.7. The van der Waals surface area contributed by atoms with Crippen molar-refractivity contribution in [2.45, 2.75) is 59.0 Å². The summed E-state index contributed by atoms with van der Waals surface area (Å²) in [5, 5.41) is 9.24. The first-order chi connectivity index (χ1) is 17.3. The SMILES string of the molecule is CC[C@@H](CC(=O)O)c1cccc(OCc2ccc(-c3cccc(OC)c3)c(C3=CCCC3(C)C)c2)c1. The van der Waals surface area contributed by atoms with Gasteiger partial charge in [0.05, 0.1) is 13.5 Å². The third-order valence-electron chi connectivity index (χ3n) is 7.25. The topological polar surface area (TPSA) is 55.8 Å². The van der Waals surface area contributed by atoms with Crippen LogP contribution in [0.3, 0.4) is 0 Å². The number of carboxylic acids is 1. The van der Waals surface area contributed by atoms with Crippen molar-refractivity contribution in [1.82, 2.24) is 0 Å². The Labute approximate surface area is 214 Å². The van der Waals surface area contributed by atoms with E-state index in [2.05, 4.69) is 50.3 Å². The van der Waals surface area contributed by atoms with E-state index in [0.29, 0.717) is 6.61 Å². The van der Waals surface area contributed by atoms with Crippen LogP contribution in [0.5, 0.6) is 11.5 Å². The number of carbonyl (C=O) groups is 1. The van der Waals surface area contributed by atoms with Crippen molar-refractivity contribution >= 4 is 11.5 Å². The second kappa shape index (κ2) is 11.0. The molecule has 4 heteroatoms. The number of rotatable bonds is 10. The highest BCUT2D eigenvalue weighted by Crippen LogP contribution is 2.47. The van der Waals surface area contributed by atoms with Crippen molar-refractivity contribution in [3.05, 3.63) is 89.5 Å². The van der Waals surface area contributed by atoms with Crippen LogP contribution in [0.25, 0.3) is 16.7 Å². The van der Waals surface area contributed by atoms with Gasteiger partial charge in [-0.3, -0.25) is 4.79 Å². The Morgan fingerprint density at radius 1 is 1.00 bits per heavy atom. The van der Waals surface area contributed by atoms with Crippen LogP contribution in [0.1, 0.15) is 69.1 Å². The molecular weight excluding hydrogens is 448 g/mol. The average Bonchev–Trinajstić information content (AvgIpc) is 3.24. The Bertz CT molecular complexity index is 1250. The van der Waals surface area contributed by atoms with E-state index < -0.39 is 5.97 Å². The van der Waals surface area contributed by atoms with Gasteiger partial charge in [0.25, 0.3) is 0 Å². The first kappa shape index (κ1) is 25.6. The van der Waals surface area contributed by atoms with Gasteiger partial charge >= 0.3 is 5.97 Å². The standard InChI is InChI=1S/C32H36O4/c1-5-23(20-31(33)34)24-9-6-12-27(18-24)36-21-22-14-15-28(25-10-7-11-26(19-25)35-4)29(17-22)30-13-8-16-32(30,2)3/h6-7,9-15,17-19,23H,5,8,16,20-21H2,1-4H3,(H,33,34)/t23-/m0/s1. The monoisotopic (exact) mass is 484 g/mol. The molecule has 0 fully saturated rings. The predicted octanol–water partition coefficient (Wildman–Crippen LogP) is 8.11. The van der Waals surface area contributed by atoms with Crippen LogP contribution in [0.4, 0.5) is 0 Å². The van der Waals surface area contributed by atoms with Crippen molar-refractivity contribution in [2.24, 2.45) is 5.41 Å². The number of hydrogen-bond acceptors (Lipinski definition) is 3. The molecule has 0 heterocycles. The molecule has 1 aliphatic rings. The van der Waals surface area contributed by atoms with Crippen LogP contribution in [-0.2, 0) is 11.4 Å². The molecule has 0 bridgehead atoms. The number of allylic oxidation sites excluding steroid dienone is 2. The van der Waals surface area contributed by atoms with Gasteiger partial charge in [-0.25, -0.2) is 0 Å². The summed E-state index contributed by atoms with van der Waals surface area (Å²) < 4.78 is 11.7. The summed E-state index contributed by atoms with van der Waals surface area (Å²) in [4.78, 5) is 11.2. The number of hydrogen-bond donors (Lipinski definition) is 1. The molecule has 3 aromatic carbocycles. The Kier molecular flexibility index (Phi) is 7.83. The van der Waals surface area contributed by atoms with E-state index in [1.165, 1.54) is 16.7 Å². The van der Waals surface area contributed by atoms with Crippen molar-refractivity contribution in [3.8, 4) is 22.6 Å². The fourth-order valence-electron chi connectivity index (χ4n) is 5.14. The fourth-order valence-corrected chi connectivity index (χ4v) is 5.14. The molecule has 1 aliphatic carbocycles. The highest BCUT2D eigenvalue weighted by molar-refractivity contribution is 5.85. The van der Waals surface area contributed by atoms with Crippen LogP contribution in [0, 0.1) is 5.41 Å².